The van der Waals surface area contributed by atoms with Crippen molar-refractivity contribution < 1.29 is 14.3 Å². The molecule has 2 aliphatic rings. The first-order chi connectivity index (χ1) is 15.5. The van der Waals surface area contributed by atoms with Gasteiger partial charge in [0.15, 0.2) is 23.1 Å². The van der Waals surface area contributed by atoms with Crippen molar-refractivity contribution in [2.75, 3.05) is 14.2 Å². The Labute approximate surface area is 186 Å². The topological polar surface area (TPSA) is 87.3 Å². The highest BCUT2D eigenvalue weighted by atomic mass is 16.5. The smallest absolute Gasteiger partial charge is 0.258 e. The van der Waals surface area contributed by atoms with E-state index in [2.05, 4.69) is 19.9 Å². The third-order valence-electron chi connectivity index (χ3n) is 6.87. The molecular formula is C23H28N6O3. The number of benzene rings is 1. The van der Waals surface area contributed by atoms with Crippen LogP contribution >= 0.6 is 0 Å². The van der Waals surface area contributed by atoms with E-state index in [4.69, 9.17) is 9.47 Å². The van der Waals surface area contributed by atoms with Crippen molar-refractivity contribution in [1.82, 2.24) is 29.4 Å². The second-order valence-electron chi connectivity index (χ2n) is 8.50. The van der Waals surface area contributed by atoms with Gasteiger partial charge in [0.25, 0.3) is 5.91 Å². The lowest BCUT2D eigenvalue weighted by Gasteiger charge is -2.44. The van der Waals surface area contributed by atoms with Crippen molar-refractivity contribution in [3.05, 3.63) is 41.5 Å². The molecule has 2 atom stereocenters. The normalized spacial score (nSPS) is 19.9. The van der Waals surface area contributed by atoms with Crippen molar-refractivity contribution in [3.63, 3.8) is 0 Å². The van der Waals surface area contributed by atoms with Crippen LogP contribution in [0.3, 0.4) is 0 Å². The van der Waals surface area contributed by atoms with E-state index in [1.165, 1.54) is 0 Å². The number of aryl methyl sites for hydroxylation is 1. The van der Waals surface area contributed by atoms with Gasteiger partial charge >= 0.3 is 0 Å². The minimum atomic E-state index is 0.0226. The summed E-state index contributed by atoms with van der Waals surface area (Å²) in [6.45, 7) is 2.37. The largest absolute Gasteiger partial charge is 0.493 e. The van der Waals surface area contributed by atoms with Gasteiger partial charge in [-0.15, -0.1) is 10.2 Å². The number of ether oxygens (including phenoxy) is 2. The Hall–Kier alpha value is -3.36. The van der Waals surface area contributed by atoms with Crippen LogP contribution in [0.15, 0.2) is 24.4 Å². The van der Waals surface area contributed by atoms with Crippen LogP contribution in [0.2, 0.25) is 0 Å². The molecule has 9 heteroatoms. The number of carbonyl (C=O) groups is 1. The maximum atomic E-state index is 13.5. The zero-order valence-corrected chi connectivity index (χ0v) is 18.9. The van der Waals surface area contributed by atoms with E-state index in [9.17, 15) is 4.79 Å². The maximum Gasteiger partial charge on any atom is 0.258 e. The van der Waals surface area contributed by atoms with Gasteiger partial charge in [0.1, 0.15) is 0 Å². The van der Waals surface area contributed by atoms with Gasteiger partial charge in [0, 0.05) is 18.3 Å². The molecular weight excluding hydrogens is 408 g/mol. The predicted octanol–water partition coefficient (Wildman–Crippen LogP) is 3.14. The lowest BCUT2D eigenvalue weighted by molar-refractivity contribution is 0.0420. The van der Waals surface area contributed by atoms with Crippen molar-refractivity contribution in [2.24, 2.45) is 7.05 Å². The van der Waals surface area contributed by atoms with Gasteiger partial charge < -0.3 is 18.9 Å². The number of hydrogen-bond acceptors (Lipinski definition) is 6. The van der Waals surface area contributed by atoms with Crippen LogP contribution in [-0.2, 0) is 13.6 Å². The molecule has 0 bridgehead atoms. The van der Waals surface area contributed by atoms with Gasteiger partial charge in [-0.05, 0) is 38.0 Å². The van der Waals surface area contributed by atoms with E-state index in [-0.39, 0.29) is 18.0 Å². The summed E-state index contributed by atoms with van der Waals surface area (Å²) >= 11 is 0. The molecule has 1 amide bonds. The monoisotopic (exact) mass is 436 g/mol. The molecule has 1 aliphatic heterocycles. The average Bonchev–Trinajstić information content (AvgIpc) is 3.41. The summed E-state index contributed by atoms with van der Waals surface area (Å²) < 4.78 is 14.9. The van der Waals surface area contributed by atoms with E-state index < -0.39 is 0 Å². The molecule has 1 aliphatic carbocycles. The molecule has 0 radical (unpaired) electrons. The zero-order valence-electron chi connectivity index (χ0n) is 18.9. The molecule has 5 rings (SSSR count). The molecule has 0 unspecified atom stereocenters. The lowest BCUT2D eigenvalue weighted by Crippen LogP contribution is -2.50. The zero-order chi connectivity index (χ0) is 22.4. The molecule has 3 heterocycles. The fraction of sp³-hybridized carbons (Fsp3) is 0.478. The van der Waals surface area contributed by atoms with Crippen LogP contribution in [0.5, 0.6) is 11.5 Å². The minimum Gasteiger partial charge on any atom is -0.493 e. The van der Waals surface area contributed by atoms with Crippen LogP contribution in [-0.4, -0.2) is 55.6 Å². The van der Waals surface area contributed by atoms with Crippen LogP contribution in [0.4, 0.5) is 0 Å². The third-order valence-corrected chi connectivity index (χ3v) is 6.87. The van der Waals surface area contributed by atoms with Crippen molar-refractivity contribution in [2.45, 2.75) is 51.2 Å². The van der Waals surface area contributed by atoms with Crippen molar-refractivity contribution >= 4 is 5.91 Å². The number of amides is 1. The van der Waals surface area contributed by atoms with Crippen LogP contribution in [0.1, 0.15) is 53.6 Å². The van der Waals surface area contributed by atoms with E-state index >= 15 is 0 Å². The minimum absolute atomic E-state index is 0.0226. The molecule has 0 N–H and O–H groups in total. The van der Waals surface area contributed by atoms with Crippen LogP contribution < -0.4 is 9.47 Å². The van der Waals surface area contributed by atoms with Gasteiger partial charge in [0.2, 0.25) is 0 Å². The molecule has 0 spiro atoms. The fourth-order valence-electron chi connectivity index (χ4n) is 5.06. The molecule has 0 saturated heterocycles. The standard InChI is InChI=1S/C23H28N6O3/c1-14-16(12-24-27(14)2)23(30)28-13-21-25-26-22(29(21)18-8-6-5-7-17(18)28)15-9-10-19(31-3)20(11-15)32-4/h9-12,17-18H,5-8,13H2,1-4H3/t17-,18-/m1/s1. The highest BCUT2D eigenvalue weighted by molar-refractivity contribution is 5.95. The van der Waals surface area contributed by atoms with Gasteiger partial charge in [-0.3, -0.25) is 9.48 Å². The quantitative estimate of drug-likeness (QED) is 0.624. The van der Waals surface area contributed by atoms with E-state index in [0.717, 1.165) is 48.6 Å². The number of nitrogens with zero attached hydrogens (tertiary/aromatic N) is 6. The Balaban J connectivity index is 1.55. The summed E-state index contributed by atoms with van der Waals surface area (Å²) in [5, 5.41) is 13.3. The maximum absolute atomic E-state index is 13.5. The Kier molecular flexibility index (Phi) is 5.11. The molecule has 1 fully saturated rings. The molecule has 168 valence electrons. The molecule has 1 saturated carbocycles. The molecule has 2 aromatic heterocycles. The van der Waals surface area contributed by atoms with Crippen LogP contribution in [0, 0.1) is 6.92 Å². The Morgan fingerprint density at radius 2 is 1.81 bits per heavy atom. The molecule has 3 aromatic rings. The highest BCUT2D eigenvalue weighted by Crippen LogP contribution is 2.41. The first-order valence-corrected chi connectivity index (χ1v) is 11.0. The number of carbonyl (C=O) groups excluding carboxylic acids is 1. The van der Waals surface area contributed by atoms with Gasteiger partial charge in [0.05, 0.1) is 44.6 Å². The number of rotatable bonds is 4. The molecule has 9 nitrogen and oxygen atoms in total. The Morgan fingerprint density at radius 3 is 2.50 bits per heavy atom. The number of fused-ring (bicyclic) bond motifs is 3. The summed E-state index contributed by atoms with van der Waals surface area (Å²) in [5.41, 5.74) is 2.46. The lowest BCUT2D eigenvalue weighted by atomic mass is 9.86. The van der Waals surface area contributed by atoms with Gasteiger partial charge in [-0.25, -0.2) is 0 Å². The first-order valence-electron chi connectivity index (χ1n) is 11.0. The SMILES string of the molecule is COc1ccc(-c2nnc3n2[C@@H]2CCCC[C@H]2N(C(=O)c2cnn(C)c2C)C3)cc1OC. The molecule has 32 heavy (non-hydrogen) atoms. The Morgan fingerprint density at radius 1 is 1.06 bits per heavy atom. The summed E-state index contributed by atoms with van der Waals surface area (Å²) in [7, 11) is 5.11. The van der Waals surface area contributed by atoms with Crippen molar-refractivity contribution in [3.8, 4) is 22.9 Å². The second-order valence-corrected chi connectivity index (χ2v) is 8.50. The molecule has 1 aromatic carbocycles. The summed E-state index contributed by atoms with van der Waals surface area (Å²) in [5.74, 6) is 2.97. The number of hydrogen-bond donors (Lipinski definition) is 0. The second kappa shape index (κ2) is 7.96. The summed E-state index contributed by atoms with van der Waals surface area (Å²) in [4.78, 5) is 15.5. The number of methoxy groups -OCH3 is 2. The van der Waals surface area contributed by atoms with E-state index in [1.54, 1.807) is 25.1 Å². The number of aromatic nitrogens is 5. The van der Waals surface area contributed by atoms with Crippen molar-refractivity contribution in [1.29, 1.82) is 0 Å². The van der Waals surface area contributed by atoms with Crippen LogP contribution in [0.25, 0.3) is 11.4 Å². The fourth-order valence-corrected chi connectivity index (χ4v) is 5.06. The average molecular weight is 437 g/mol. The Bertz CT molecular complexity index is 1170. The summed E-state index contributed by atoms with van der Waals surface area (Å²) in [6, 6.07) is 6.06. The highest BCUT2D eigenvalue weighted by Gasteiger charge is 2.42. The van der Waals surface area contributed by atoms with Gasteiger partial charge in [-0.1, -0.05) is 12.8 Å². The third kappa shape index (κ3) is 3.14. The van der Waals surface area contributed by atoms with E-state index in [1.807, 2.05) is 37.1 Å². The van der Waals surface area contributed by atoms with E-state index in [0.29, 0.717) is 23.6 Å². The predicted molar refractivity (Wildman–Crippen MR) is 118 cm³/mol. The first kappa shape index (κ1) is 20.5. The van der Waals surface area contributed by atoms with Gasteiger partial charge in [-0.2, -0.15) is 5.10 Å². The summed E-state index contributed by atoms with van der Waals surface area (Å²) in [6.07, 6.45) is 5.87.